The maximum absolute atomic E-state index is 12.2. The highest BCUT2D eigenvalue weighted by molar-refractivity contribution is 5.98. The molecular weight excluding hydrogens is 446 g/mol. The number of methoxy groups -OCH3 is 1. The first-order valence-electron chi connectivity index (χ1n) is 11.3. The van der Waals surface area contributed by atoms with Gasteiger partial charge in [0.15, 0.2) is 12.4 Å². The Labute approximate surface area is 205 Å². The van der Waals surface area contributed by atoms with E-state index in [-0.39, 0.29) is 31.1 Å². The zero-order valence-corrected chi connectivity index (χ0v) is 20.1. The first kappa shape index (κ1) is 25.5. The lowest BCUT2D eigenvalue weighted by atomic mass is 10.1. The number of ketones is 1. The predicted octanol–water partition coefficient (Wildman–Crippen LogP) is 5.64. The molecule has 3 aromatic carbocycles. The molecule has 0 aliphatic carbocycles. The van der Waals surface area contributed by atoms with Gasteiger partial charge in [-0.25, -0.2) is 0 Å². The topological polar surface area (TPSA) is 90.9 Å². The van der Waals surface area contributed by atoms with Crippen molar-refractivity contribution < 1.29 is 28.6 Å². The summed E-state index contributed by atoms with van der Waals surface area (Å²) in [5.74, 6) is 0.987. The monoisotopic (exact) mass is 475 g/mol. The van der Waals surface area contributed by atoms with Crippen LogP contribution in [0.1, 0.15) is 40.7 Å². The second-order valence-electron chi connectivity index (χ2n) is 8.06. The Morgan fingerprint density at radius 3 is 2.20 bits per heavy atom. The van der Waals surface area contributed by atoms with Crippen molar-refractivity contribution in [1.29, 1.82) is 0 Å². The molecule has 0 saturated carbocycles. The number of benzene rings is 3. The fourth-order valence-electron chi connectivity index (χ4n) is 3.40. The number of esters is 1. The summed E-state index contributed by atoms with van der Waals surface area (Å²) in [7, 11) is 1.51. The van der Waals surface area contributed by atoms with E-state index in [1.807, 2.05) is 32.0 Å². The van der Waals surface area contributed by atoms with Crippen LogP contribution in [0.15, 0.2) is 66.7 Å². The molecule has 1 amide bonds. The third-order valence-electron chi connectivity index (χ3n) is 5.31. The van der Waals surface area contributed by atoms with E-state index in [0.717, 1.165) is 16.9 Å². The van der Waals surface area contributed by atoms with E-state index in [1.165, 1.54) is 7.11 Å². The van der Waals surface area contributed by atoms with Gasteiger partial charge >= 0.3 is 5.97 Å². The molecule has 7 nitrogen and oxygen atoms in total. The van der Waals surface area contributed by atoms with Gasteiger partial charge in [-0.15, -0.1) is 0 Å². The van der Waals surface area contributed by atoms with Crippen LogP contribution in [0.5, 0.6) is 17.2 Å². The summed E-state index contributed by atoms with van der Waals surface area (Å²) in [5, 5.41) is 2.80. The first-order chi connectivity index (χ1) is 16.9. The molecule has 0 saturated heterocycles. The van der Waals surface area contributed by atoms with Gasteiger partial charge in [0.05, 0.1) is 7.11 Å². The molecule has 0 spiro atoms. The van der Waals surface area contributed by atoms with Crippen LogP contribution in [0, 0.1) is 13.8 Å². The standard InChI is InChI=1S/C28H29NO6/c1-19-7-4-8-20(2)28(19)35-23-15-13-22(14-16-23)29-26(31)11-6-12-27(32)34-18-25(30)21-9-5-10-24(17-21)33-3/h4-5,7-10,13-17H,6,11-12,18H2,1-3H3,(H,29,31). The third-order valence-corrected chi connectivity index (χ3v) is 5.31. The van der Waals surface area contributed by atoms with Crippen LogP contribution < -0.4 is 14.8 Å². The summed E-state index contributed by atoms with van der Waals surface area (Å²) in [4.78, 5) is 36.3. The van der Waals surface area contributed by atoms with Gasteiger partial charge < -0.3 is 19.5 Å². The number of hydrogen-bond donors (Lipinski definition) is 1. The molecule has 0 unspecified atom stereocenters. The maximum atomic E-state index is 12.2. The average Bonchev–Trinajstić information content (AvgIpc) is 2.86. The Kier molecular flexibility index (Phi) is 9.01. The number of Topliss-reactive ketones (excluding diaryl/α,β-unsaturated/α-hetero) is 1. The molecule has 35 heavy (non-hydrogen) atoms. The quantitative estimate of drug-likeness (QED) is 0.285. The van der Waals surface area contributed by atoms with Gasteiger partial charge in [0.25, 0.3) is 0 Å². The normalized spacial score (nSPS) is 10.4. The maximum Gasteiger partial charge on any atom is 0.306 e. The number of rotatable bonds is 11. The minimum Gasteiger partial charge on any atom is -0.497 e. The van der Waals surface area contributed by atoms with Gasteiger partial charge in [-0.1, -0.05) is 30.3 Å². The van der Waals surface area contributed by atoms with Crippen LogP contribution in [-0.2, 0) is 14.3 Å². The molecule has 0 aliphatic heterocycles. The summed E-state index contributed by atoms with van der Waals surface area (Å²) in [6, 6.07) is 19.7. The molecule has 0 bridgehead atoms. The lowest BCUT2D eigenvalue weighted by Gasteiger charge is -2.12. The van der Waals surface area contributed by atoms with E-state index in [4.69, 9.17) is 14.2 Å². The summed E-state index contributed by atoms with van der Waals surface area (Å²) >= 11 is 0. The number of nitrogens with one attached hydrogen (secondary N) is 1. The second kappa shape index (κ2) is 12.4. The Morgan fingerprint density at radius 1 is 0.829 bits per heavy atom. The Morgan fingerprint density at radius 2 is 1.51 bits per heavy atom. The molecule has 0 aromatic heterocycles. The number of carbonyl (C=O) groups excluding carboxylic acids is 3. The second-order valence-corrected chi connectivity index (χ2v) is 8.06. The molecular formula is C28H29NO6. The number of para-hydroxylation sites is 1. The summed E-state index contributed by atoms with van der Waals surface area (Å²) in [5.41, 5.74) is 3.13. The van der Waals surface area contributed by atoms with Crippen LogP contribution in [0.4, 0.5) is 5.69 Å². The molecule has 0 atom stereocenters. The Hall–Kier alpha value is -4.13. The SMILES string of the molecule is COc1cccc(C(=O)COC(=O)CCCC(=O)Nc2ccc(Oc3c(C)cccc3C)cc2)c1. The van der Waals surface area contributed by atoms with Crippen molar-refractivity contribution in [3.8, 4) is 17.2 Å². The van der Waals surface area contributed by atoms with Crippen molar-refractivity contribution >= 4 is 23.3 Å². The zero-order chi connectivity index (χ0) is 25.2. The van der Waals surface area contributed by atoms with Crippen molar-refractivity contribution in [2.45, 2.75) is 33.1 Å². The number of amides is 1. The highest BCUT2D eigenvalue weighted by Crippen LogP contribution is 2.29. The average molecular weight is 476 g/mol. The van der Waals surface area contributed by atoms with E-state index in [1.54, 1.807) is 48.5 Å². The number of carbonyl (C=O) groups is 3. The Balaban J connectivity index is 1.38. The minimum atomic E-state index is -0.526. The number of ether oxygens (including phenoxy) is 3. The van der Waals surface area contributed by atoms with Crippen LogP contribution >= 0.6 is 0 Å². The summed E-state index contributed by atoms with van der Waals surface area (Å²) in [6.07, 6.45) is 0.507. The molecule has 0 aliphatic rings. The van der Waals surface area contributed by atoms with Gasteiger partial charge in [0.2, 0.25) is 5.91 Å². The van der Waals surface area contributed by atoms with E-state index >= 15 is 0 Å². The largest absolute Gasteiger partial charge is 0.497 e. The first-order valence-corrected chi connectivity index (χ1v) is 11.3. The smallest absolute Gasteiger partial charge is 0.306 e. The van der Waals surface area contributed by atoms with Crippen LogP contribution in [-0.4, -0.2) is 31.4 Å². The lowest BCUT2D eigenvalue weighted by molar-refractivity contribution is -0.142. The fourth-order valence-corrected chi connectivity index (χ4v) is 3.40. The molecule has 7 heteroatoms. The van der Waals surface area contributed by atoms with Crippen molar-refractivity contribution in [2.75, 3.05) is 19.0 Å². The number of anilines is 1. The third kappa shape index (κ3) is 7.71. The predicted molar refractivity (Wildman–Crippen MR) is 133 cm³/mol. The number of hydrogen-bond acceptors (Lipinski definition) is 6. The zero-order valence-electron chi connectivity index (χ0n) is 20.1. The molecule has 0 heterocycles. The fraction of sp³-hybridized carbons (Fsp3) is 0.250. The van der Waals surface area contributed by atoms with Crippen molar-refractivity contribution in [1.82, 2.24) is 0 Å². The van der Waals surface area contributed by atoms with Crippen molar-refractivity contribution in [3.63, 3.8) is 0 Å². The lowest BCUT2D eigenvalue weighted by Crippen LogP contribution is -2.15. The number of aryl methyl sites for hydroxylation is 2. The van der Waals surface area contributed by atoms with Gasteiger partial charge in [-0.2, -0.15) is 0 Å². The van der Waals surface area contributed by atoms with Gasteiger partial charge in [0.1, 0.15) is 17.2 Å². The molecule has 3 rings (SSSR count). The summed E-state index contributed by atoms with van der Waals surface area (Å²) in [6.45, 7) is 3.63. The van der Waals surface area contributed by atoms with Gasteiger partial charge in [0, 0.05) is 24.1 Å². The van der Waals surface area contributed by atoms with E-state index < -0.39 is 5.97 Å². The Bertz CT molecular complexity index is 1170. The molecule has 0 fully saturated rings. The summed E-state index contributed by atoms with van der Waals surface area (Å²) < 4.78 is 16.1. The van der Waals surface area contributed by atoms with E-state index in [2.05, 4.69) is 5.32 Å². The minimum absolute atomic E-state index is 0.0430. The van der Waals surface area contributed by atoms with Gasteiger partial charge in [-0.3, -0.25) is 14.4 Å². The molecule has 1 N–H and O–H groups in total. The van der Waals surface area contributed by atoms with Crippen LogP contribution in [0.25, 0.3) is 0 Å². The van der Waals surface area contributed by atoms with Crippen molar-refractivity contribution in [3.05, 3.63) is 83.4 Å². The highest BCUT2D eigenvalue weighted by atomic mass is 16.5. The van der Waals surface area contributed by atoms with Crippen LogP contribution in [0.2, 0.25) is 0 Å². The molecule has 182 valence electrons. The van der Waals surface area contributed by atoms with Crippen LogP contribution in [0.3, 0.4) is 0 Å². The molecule has 3 aromatic rings. The molecule has 0 radical (unpaired) electrons. The van der Waals surface area contributed by atoms with Crippen molar-refractivity contribution in [2.24, 2.45) is 0 Å². The van der Waals surface area contributed by atoms with E-state index in [0.29, 0.717) is 29.2 Å². The van der Waals surface area contributed by atoms with E-state index in [9.17, 15) is 14.4 Å². The van der Waals surface area contributed by atoms with Gasteiger partial charge in [-0.05, 0) is 67.8 Å². The highest BCUT2D eigenvalue weighted by Gasteiger charge is 2.12.